The van der Waals surface area contributed by atoms with Crippen LogP contribution < -0.4 is 10.6 Å². The van der Waals surface area contributed by atoms with Crippen LogP contribution in [0.1, 0.15) is 44.0 Å². The Balaban J connectivity index is 1.99. The van der Waals surface area contributed by atoms with E-state index >= 15 is 0 Å². The number of morpholine rings is 1. The molecule has 1 heterocycles. The fraction of sp³-hybridized carbons (Fsp3) is 0.579. The minimum Gasteiger partial charge on any atom is -0.375 e. The lowest BCUT2D eigenvalue weighted by Crippen LogP contribution is -2.53. The van der Waals surface area contributed by atoms with Crippen molar-refractivity contribution in [2.75, 3.05) is 31.6 Å². The van der Waals surface area contributed by atoms with Gasteiger partial charge in [-0.1, -0.05) is 13.8 Å². The fourth-order valence-electron chi connectivity index (χ4n) is 2.98. The van der Waals surface area contributed by atoms with Gasteiger partial charge < -0.3 is 20.3 Å². The molecule has 0 bridgehead atoms. The van der Waals surface area contributed by atoms with E-state index in [0.29, 0.717) is 24.4 Å². The van der Waals surface area contributed by atoms with Crippen molar-refractivity contribution >= 4 is 17.5 Å². The van der Waals surface area contributed by atoms with E-state index in [9.17, 15) is 9.59 Å². The third-order valence-electron chi connectivity index (χ3n) is 4.27. The summed E-state index contributed by atoms with van der Waals surface area (Å²) in [5.41, 5.74) is 1.33. The third-order valence-corrected chi connectivity index (χ3v) is 4.27. The molecule has 25 heavy (non-hydrogen) atoms. The van der Waals surface area contributed by atoms with E-state index in [4.69, 9.17) is 4.74 Å². The second-order valence-corrected chi connectivity index (χ2v) is 6.37. The van der Waals surface area contributed by atoms with Gasteiger partial charge in [0.05, 0.1) is 12.7 Å². The average Bonchev–Trinajstić information content (AvgIpc) is 2.62. The minimum atomic E-state index is -0.361. The number of nitrogens with one attached hydrogen (secondary N) is 2. The number of rotatable bonds is 7. The summed E-state index contributed by atoms with van der Waals surface area (Å²) in [4.78, 5) is 26.8. The summed E-state index contributed by atoms with van der Waals surface area (Å²) in [5.74, 6) is -0.0811. The van der Waals surface area contributed by atoms with E-state index in [1.807, 2.05) is 11.8 Å². The highest BCUT2D eigenvalue weighted by Gasteiger charge is 2.28. The van der Waals surface area contributed by atoms with E-state index in [1.54, 1.807) is 24.3 Å². The Morgan fingerprint density at radius 1 is 1.20 bits per heavy atom. The molecular formula is C19H29N3O3. The molecule has 1 aliphatic heterocycles. The first-order valence-corrected chi connectivity index (χ1v) is 9.12. The largest absolute Gasteiger partial charge is 0.375 e. The maximum atomic E-state index is 12.6. The van der Waals surface area contributed by atoms with Crippen LogP contribution in [0.25, 0.3) is 0 Å². The summed E-state index contributed by atoms with van der Waals surface area (Å²) in [7, 11) is 0. The van der Waals surface area contributed by atoms with E-state index in [2.05, 4.69) is 24.5 Å². The number of anilines is 1. The van der Waals surface area contributed by atoms with Gasteiger partial charge in [-0.2, -0.15) is 0 Å². The van der Waals surface area contributed by atoms with Crippen LogP contribution in [0.2, 0.25) is 0 Å². The molecule has 0 aromatic heterocycles. The molecule has 0 unspecified atom stereocenters. The van der Waals surface area contributed by atoms with Gasteiger partial charge in [0, 0.05) is 30.9 Å². The van der Waals surface area contributed by atoms with Crippen molar-refractivity contribution < 1.29 is 14.3 Å². The van der Waals surface area contributed by atoms with Gasteiger partial charge in [-0.25, -0.2) is 0 Å². The summed E-state index contributed by atoms with van der Waals surface area (Å²) in [5, 5.41) is 6.05. The monoisotopic (exact) mass is 347 g/mol. The van der Waals surface area contributed by atoms with Crippen LogP contribution >= 0.6 is 0 Å². The van der Waals surface area contributed by atoms with Crippen LogP contribution in [0, 0.1) is 0 Å². The molecule has 2 rings (SSSR count). The number of amides is 2. The predicted octanol–water partition coefficient (Wildman–Crippen LogP) is 2.26. The Labute approximate surface area is 149 Å². The predicted molar refractivity (Wildman–Crippen MR) is 98.8 cm³/mol. The van der Waals surface area contributed by atoms with Crippen LogP contribution in [0.3, 0.4) is 0 Å². The van der Waals surface area contributed by atoms with Gasteiger partial charge in [0.25, 0.3) is 5.91 Å². The highest BCUT2D eigenvalue weighted by atomic mass is 16.5. The Bertz CT molecular complexity index is 568. The summed E-state index contributed by atoms with van der Waals surface area (Å²) >= 11 is 0. The van der Waals surface area contributed by atoms with Crippen LogP contribution in [0.4, 0.5) is 5.69 Å². The first-order chi connectivity index (χ1) is 12.1. The van der Waals surface area contributed by atoms with E-state index < -0.39 is 0 Å². The summed E-state index contributed by atoms with van der Waals surface area (Å²) in [6.07, 6.45) is 1.72. The lowest BCUT2D eigenvalue weighted by Gasteiger charge is -2.29. The smallest absolute Gasteiger partial charge is 0.253 e. The summed E-state index contributed by atoms with van der Waals surface area (Å²) < 4.78 is 5.50. The van der Waals surface area contributed by atoms with E-state index in [-0.39, 0.29) is 24.0 Å². The molecule has 6 heteroatoms. The fourth-order valence-corrected chi connectivity index (χ4v) is 2.98. The van der Waals surface area contributed by atoms with Gasteiger partial charge in [-0.3, -0.25) is 9.59 Å². The highest BCUT2D eigenvalue weighted by molar-refractivity contribution is 5.97. The standard InChI is InChI=1S/C19H29N3O3/c1-4-11-22(12-5-2)19(24)15-6-8-16(9-7-15)21-18(23)17-14(3)25-13-10-20-17/h6-9,14,17,20H,4-5,10-13H2,1-3H3,(H,21,23)/t14-,17+/m1/s1. The maximum Gasteiger partial charge on any atom is 0.253 e. The van der Waals surface area contributed by atoms with Gasteiger partial charge in [0.15, 0.2) is 0 Å². The topological polar surface area (TPSA) is 70.7 Å². The van der Waals surface area contributed by atoms with Crippen LogP contribution in [-0.4, -0.2) is 55.1 Å². The zero-order chi connectivity index (χ0) is 18.2. The van der Waals surface area contributed by atoms with Gasteiger partial charge in [0.2, 0.25) is 5.91 Å². The van der Waals surface area contributed by atoms with Gasteiger partial charge in [-0.05, 0) is 44.0 Å². The maximum absolute atomic E-state index is 12.6. The van der Waals surface area contributed by atoms with E-state index in [0.717, 1.165) is 25.9 Å². The molecule has 2 amide bonds. The van der Waals surface area contributed by atoms with Crippen molar-refractivity contribution in [3.05, 3.63) is 29.8 Å². The van der Waals surface area contributed by atoms with E-state index in [1.165, 1.54) is 0 Å². The van der Waals surface area contributed by atoms with Gasteiger partial charge in [-0.15, -0.1) is 0 Å². The minimum absolute atomic E-state index is 0.0394. The number of ether oxygens (including phenoxy) is 1. The molecule has 0 aliphatic carbocycles. The van der Waals surface area contributed by atoms with Crippen LogP contribution in [0.15, 0.2) is 24.3 Å². The number of benzene rings is 1. The zero-order valence-corrected chi connectivity index (χ0v) is 15.4. The van der Waals surface area contributed by atoms with Crippen molar-refractivity contribution in [1.82, 2.24) is 10.2 Å². The van der Waals surface area contributed by atoms with Gasteiger partial charge >= 0.3 is 0 Å². The number of carbonyl (C=O) groups excluding carboxylic acids is 2. The number of hydrogen-bond acceptors (Lipinski definition) is 4. The van der Waals surface area contributed by atoms with Crippen LogP contribution in [-0.2, 0) is 9.53 Å². The SMILES string of the molecule is CCCN(CCC)C(=O)c1ccc(NC(=O)[C@H]2NCCO[C@@H]2C)cc1. The third kappa shape index (κ3) is 5.28. The molecular weight excluding hydrogens is 318 g/mol. The molecule has 0 spiro atoms. The molecule has 2 N–H and O–H groups in total. The molecule has 0 radical (unpaired) electrons. The molecule has 6 nitrogen and oxygen atoms in total. The van der Waals surface area contributed by atoms with Crippen molar-refractivity contribution in [2.45, 2.75) is 45.8 Å². The first-order valence-electron chi connectivity index (χ1n) is 9.12. The normalized spacial score (nSPS) is 20.1. The second-order valence-electron chi connectivity index (χ2n) is 6.37. The lowest BCUT2D eigenvalue weighted by molar-refractivity contribution is -0.123. The van der Waals surface area contributed by atoms with Crippen molar-refractivity contribution in [1.29, 1.82) is 0 Å². The summed E-state index contributed by atoms with van der Waals surface area (Å²) in [6, 6.07) is 6.72. The molecule has 2 atom stereocenters. The molecule has 1 aliphatic rings. The molecule has 1 saturated heterocycles. The molecule has 1 aromatic carbocycles. The lowest BCUT2D eigenvalue weighted by atomic mass is 10.1. The molecule has 0 saturated carbocycles. The van der Waals surface area contributed by atoms with Gasteiger partial charge in [0.1, 0.15) is 6.04 Å². The number of hydrogen-bond donors (Lipinski definition) is 2. The zero-order valence-electron chi connectivity index (χ0n) is 15.4. The number of nitrogens with zero attached hydrogens (tertiary/aromatic N) is 1. The molecule has 1 aromatic rings. The first kappa shape index (κ1) is 19.4. The van der Waals surface area contributed by atoms with Crippen molar-refractivity contribution in [2.24, 2.45) is 0 Å². The quantitative estimate of drug-likeness (QED) is 0.794. The van der Waals surface area contributed by atoms with Crippen molar-refractivity contribution in [3.63, 3.8) is 0 Å². The number of carbonyl (C=O) groups is 2. The van der Waals surface area contributed by atoms with Crippen molar-refractivity contribution in [3.8, 4) is 0 Å². The Morgan fingerprint density at radius 3 is 2.40 bits per heavy atom. The molecule has 1 fully saturated rings. The molecule has 138 valence electrons. The Morgan fingerprint density at radius 2 is 1.84 bits per heavy atom. The van der Waals surface area contributed by atoms with Crippen LogP contribution in [0.5, 0.6) is 0 Å². The highest BCUT2D eigenvalue weighted by Crippen LogP contribution is 2.14. The second kappa shape index (κ2) is 9.53. The Kier molecular flexibility index (Phi) is 7.40. The summed E-state index contributed by atoms with van der Waals surface area (Å²) in [6.45, 7) is 8.83. The Hall–Kier alpha value is -1.92. The average molecular weight is 347 g/mol.